The van der Waals surface area contributed by atoms with Gasteiger partial charge in [-0.1, -0.05) is 24.3 Å². The van der Waals surface area contributed by atoms with Crippen LogP contribution in [0.15, 0.2) is 42.5 Å². The summed E-state index contributed by atoms with van der Waals surface area (Å²) in [4.78, 5) is 40.7. The van der Waals surface area contributed by atoms with Gasteiger partial charge in [-0.15, -0.1) is 0 Å². The molecule has 2 amide bonds. The first kappa shape index (κ1) is 28.0. The third-order valence-corrected chi connectivity index (χ3v) is 8.37. The number of hydrogen-bond donors (Lipinski definition) is 2. The number of nitrogens with one attached hydrogen (secondary N) is 1. The number of amides is 2. The van der Waals surface area contributed by atoms with Crippen molar-refractivity contribution in [1.29, 1.82) is 0 Å². The molecule has 214 valence electrons. The number of alkyl halides is 1. The van der Waals surface area contributed by atoms with Crippen molar-refractivity contribution in [2.45, 2.75) is 62.8 Å². The summed E-state index contributed by atoms with van der Waals surface area (Å²) in [5, 5.41) is 11.8. The van der Waals surface area contributed by atoms with Gasteiger partial charge >= 0.3 is 5.97 Å². The number of likely N-dealkylation sites (N-methyl/N-ethyl adjacent to an activating group) is 1. The second-order valence-electron chi connectivity index (χ2n) is 11.2. The highest BCUT2D eigenvalue weighted by atomic mass is 19.1. The number of hydrogen-bond acceptors (Lipinski definition) is 5. The quantitative estimate of drug-likeness (QED) is 0.508. The maximum atomic E-state index is 15.0. The van der Waals surface area contributed by atoms with Crippen molar-refractivity contribution >= 4 is 29.2 Å². The van der Waals surface area contributed by atoms with E-state index in [1.54, 1.807) is 6.07 Å². The van der Waals surface area contributed by atoms with Crippen molar-refractivity contribution in [1.82, 2.24) is 4.90 Å². The maximum absolute atomic E-state index is 15.0. The standard InChI is InChI=1S/C30H35F2N3O5/c1-34-16-24(23-4-2-3-5-27(23)34)29(37)33-26-11-6-18(12-25(26)32)13-28(36)35-15-20(31)14-21(35)17-40-22-9-7-19(8-10-22)30(38)39/h2-6,11-12,19-22,24H,7-10,13-17H2,1H3,(H,33,37)(H,38,39)/t19?,20-,21-,22?,24?/m0/s1. The third kappa shape index (κ3) is 6.11. The molecule has 0 spiro atoms. The van der Waals surface area contributed by atoms with Crippen LogP contribution in [0.3, 0.4) is 0 Å². The van der Waals surface area contributed by atoms with Crippen molar-refractivity contribution in [3.05, 3.63) is 59.4 Å². The van der Waals surface area contributed by atoms with Crippen LogP contribution in [0.2, 0.25) is 0 Å². The summed E-state index contributed by atoms with van der Waals surface area (Å²) in [6.07, 6.45) is 1.17. The summed E-state index contributed by atoms with van der Waals surface area (Å²) < 4.78 is 35.2. The molecule has 1 aliphatic carbocycles. The molecule has 10 heteroatoms. The number of carboxylic acid groups (broad SMARTS) is 1. The SMILES string of the molecule is CN1CC(C(=O)Nc2ccc(CC(=O)N3C[C@@H](F)C[C@H]3COC3CCC(C(=O)O)CC3)cc2F)c2ccccc21. The largest absolute Gasteiger partial charge is 0.481 e. The number of rotatable bonds is 8. The molecule has 40 heavy (non-hydrogen) atoms. The van der Waals surface area contributed by atoms with Crippen LogP contribution >= 0.6 is 0 Å². The highest BCUT2D eigenvalue weighted by Crippen LogP contribution is 2.36. The molecule has 2 N–H and O–H groups in total. The number of aliphatic carboxylic acids is 1. The Kier molecular flexibility index (Phi) is 8.35. The van der Waals surface area contributed by atoms with Gasteiger partial charge in [0.25, 0.3) is 0 Å². The Hall–Kier alpha value is -3.53. The van der Waals surface area contributed by atoms with Crippen LogP contribution in [-0.2, 0) is 25.5 Å². The minimum absolute atomic E-state index is 0.0352. The Morgan fingerprint density at radius 2 is 1.82 bits per heavy atom. The van der Waals surface area contributed by atoms with Crippen LogP contribution in [0, 0.1) is 11.7 Å². The molecule has 2 aromatic rings. The van der Waals surface area contributed by atoms with Crippen LogP contribution in [-0.4, -0.2) is 72.9 Å². The smallest absolute Gasteiger partial charge is 0.306 e. The fourth-order valence-electron chi connectivity index (χ4n) is 6.14. The summed E-state index contributed by atoms with van der Waals surface area (Å²) >= 11 is 0. The Morgan fingerprint density at radius 3 is 2.55 bits per heavy atom. The monoisotopic (exact) mass is 555 g/mol. The highest BCUT2D eigenvalue weighted by Gasteiger charge is 2.37. The second-order valence-corrected chi connectivity index (χ2v) is 11.2. The molecule has 0 radical (unpaired) electrons. The van der Waals surface area contributed by atoms with Crippen LogP contribution in [0.4, 0.5) is 20.2 Å². The Labute approximate surface area is 232 Å². The number of anilines is 2. The summed E-state index contributed by atoms with van der Waals surface area (Å²) in [5.41, 5.74) is 2.35. The van der Waals surface area contributed by atoms with Gasteiger partial charge in [0.05, 0.1) is 49.2 Å². The molecular formula is C30H35F2N3O5. The topological polar surface area (TPSA) is 99.2 Å². The number of likely N-dealkylation sites (tertiary alicyclic amines) is 1. The number of carbonyl (C=O) groups is 3. The first-order valence-electron chi connectivity index (χ1n) is 13.9. The van der Waals surface area contributed by atoms with Crippen molar-refractivity contribution in [2.75, 3.05) is 37.0 Å². The number of fused-ring (bicyclic) bond motifs is 1. The molecule has 2 aliphatic heterocycles. The molecule has 1 unspecified atom stereocenters. The van der Waals surface area contributed by atoms with Gasteiger partial charge in [-0.25, -0.2) is 8.78 Å². The zero-order chi connectivity index (χ0) is 28.4. The molecule has 0 aromatic heterocycles. The van der Waals surface area contributed by atoms with Gasteiger partial charge in [0.15, 0.2) is 0 Å². The van der Waals surface area contributed by atoms with Crippen LogP contribution in [0.1, 0.15) is 49.1 Å². The maximum Gasteiger partial charge on any atom is 0.306 e. The lowest BCUT2D eigenvalue weighted by atomic mass is 9.87. The van der Waals surface area contributed by atoms with Gasteiger partial charge in [-0.05, 0) is 55.0 Å². The Bertz CT molecular complexity index is 1270. The average Bonchev–Trinajstić information content (AvgIpc) is 3.48. The molecule has 3 aliphatic rings. The predicted octanol–water partition coefficient (Wildman–Crippen LogP) is 4.14. The molecule has 3 atom stereocenters. The van der Waals surface area contributed by atoms with Gasteiger partial charge in [-0.2, -0.15) is 0 Å². The van der Waals surface area contributed by atoms with E-state index in [0.29, 0.717) is 37.8 Å². The van der Waals surface area contributed by atoms with Crippen molar-refractivity contribution in [2.24, 2.45) is 5.92 Å². The zero-order valence-corrected chi connectivity index (χ0v) is 22.5. The minimum Gasteiger partial charge on any atom is -0.481 e. The normalized spacial score (nSPS) is 26.0. The minimum atomic E-state index is -1.16. The molecule has 8 nitrogen and oxygen atoms in total. The van der Waals surface area contributed by atoms with Crippen LogP contribution in [0.25, 0.3) is 0 Å². The summed E-state index contributed by atoms with van der Waals surface area (Å²) in [6.45, 7) is 0.652. The fraction of sp³-hybridized carbons (Fsp3) is 0.500. The van der Waals surface area contributed by atoms with Gasteiger partial charge < -0.3 is 25.0 Å². The molecule has 2 aromatic carbocycles. The second kappa shape index (κ2) is 11.9. The third-order valence-electron chi connectivity index (χ3n) is 8.37. The van der Waals surface area contributed by atoms with E-state index in [-0.39, 0.29) is 55.5 Å². The van der Waals surface area contributed by atoms with Gasteiger partial charge in [0.2, 0.25) is 11.8 Å². The number of benzene rings is 2. The van der Waals surface area contributed by atoms with Gasteiger partial charge in [0, 0.05) is 25.7 Å². The molecular weight excluding hydrogens is 520 g/mol. The number of ether oxygens (including phenoxy) is 1. The lowest BCUT2D eigenvalue weighted by Crippen LogP contribution is -2.40. The predicted molar refractivity (Wildman–Crippen MR) is 146 cm³/mol. The van der Waals surface area contributed by atoms with Crippen molar-refractivity contribution in [3.8, 4) is 0 Å². The molecule has 2 heterocycles. The van der Waals surface area contributed by atoms with Crippen molar-refractivity contribution < 1.29 is 33.0 Å². The van der Waals surface area contributed by atoms with E-state index < -0.39 is 29.9 Å². The number of para-hydroxylation sites is 1. The summed E-state index contributed by atoms with van der Waals surface area (Å²) in [7, 11) is 1.91. The first-order chi connectivity index (χ1) is 19.2. The van der Waals surface area contributed by atoms with E-state index in [4.69, 9.17) is 9.84 Å². The molecule has 1 saturated heterocycles. The van der Waals surface area contributed by atoms with E-state index >= 15 is 0 Å². The number of nitrogens with zero attached hydrogens (tertiary/aromatic N) is 2. The summed E-state index contributed by atoms with van der Waals surface area (Å²) in [5.74, 6) is -2.81. The van der Waals surface area contributed by atoms with Crippen molar-refractivity contribution in [3.63, 3.8) is 0 Å². The van der Waals surface area contributed by atoms with Gasteiger partial charge in [0.1, 0.15) is 12.0 Å². The van der Waals surface area contributed by atoms with E-state index in [9.17, 15) is 23.2 Å². The average molecular weight is 556 g/mol. The van der Waals surface area contributed by atoms with E-state index in [2.05, 4.69) is 5.32 Å². The number of halogens is 2. The Balaban J connectivity index is 1.16. The lowest BCUT2D eigenvalue weighted by Gasteiger charge is -2.29. The summed E-state index contributed by atoms with van der Waals surface area (Å²) in [6, 6.07) is 11.5. The number of carbonyl (C=O) groups excluding carboxylic acids is 2. The highest BCUT2D eigenvalue weighted by molar-refractivity contribution is 5.98. The number of carboxylic acids is 1. The Morgan fingerprint density at radius 1 is 1.07 bits per heavy atom. The van der Waals surface area contributed by atoms with E-state index in [1.165, 1.54) is 17.0 Å². The van der Waals surface area contributed by atoms with E-state index in [0.717, 1.165) is 11.3 Å². The van der Waals surface area contributed by atoms with Crippen LogP contribution < -0.4 is 10.2 Å². The molecule has 2 fully saturated rings. The molecule has 5 rings (SSSR count). The lowest BCUT2D eigenvalue weighted by molar-refractivity contribution is -0.144. The van der Waals surface area contributed by atoms with Gasteiger partial charge in [-0.3, -0.25) is 14.4 Å². The zero-order valence-electron chi connectivity index (χ0n) is 22.5. The van der Waals surface area contributed by atoms with Crippen LogP contribution in [0.5, 0.6) is 0 Å². The van der Waals surface area contributed by atoms with E-state index in [1.807, 2.05) is 36.2 Å². The molecule has 1 saturated carbocycles. The first-order valence-corrected chi connectivity index (χ1v) is 13.9. The molecule has 0 bridgehead atoms. The fourth-order valence-corrected chi connectivity index (χ4v) is 6.14.